The number of imidazole rings is 1. The summed E-state index contributed by atoms with van der Waals surface area (Å²) in [5.74, 6) is 0.728. The van der Waals surface area contributed by atoms with E-state index in [4.69, 9.17) is 4.98 Å². The van der Waals surface area contributed by atoms with Gasteiger partial charge in [0.25, 0.3) is 5.91 Å². The maximum absolute atomic E-state index is 12.5. The first-order valence-corrected chi connectivity index (χ1v) is 11.7. The van der Waals surface area contributed by atoms with Gasteiger partial charge in [-0.1, -0.05) is 20.8 Å². The fourth-order valence-corrected chi connectivity index (χ4v) is 5.31. The number of carbonyl (C=O) groups is 1. The SMILES string of the molecule is C[C@H]1C[C@H](n2c(Nc3ccc(OC(F)(F)F)cc3)nc3cc(C(=O)N(C)C)ccc32)CC(C)(C)C1. The Hall–Kier alpha value is -3.23. The van der Waals surface area contributed by atoms with Gasteiger partial charge in [-0.2, -0.15) is 0 Å². The van der Waals surface area contributed by atoms with Crippen molar-refractivity contribution in [2.24, 2.45) is 11.3 Å². The lowest BCUT2D eigenvalue weighted by Gasteiger charge is -2.40. The largest absolute Gasteiger partial charge is 0.573 e. The molecule has 0 aliphatic heterocycles. The molecule has 9 heteroatoms. The average Bonchev–Trinajstić information content (AvgIpc) is 3.09. The summed E-state index contributed by atoms with van der Waals surface area (Å²) in [6.45, 7) is 6.80. The topological polar surface area (TPSA) is 59.4 Å². The van der Waals surface area contributed by atoms with Crippen LogP contribution in [0.5, 0.6) is 5.75 Å². The van der Waals surface area contributed by atoms with Gasteiger partial charge in [-0.25, -0.2) is 4.98 Å². The summed E-state index contributed by atoms with van der Waals surface area (Å²) in [5, 5.41) is 3.28. The van der Waals surface area contributed by atoms with Crippen LogP contribution in [0.4, 0.5) is 24.8 Å². The predicted molar refractivity (Wildman–Crippen MR) is 130 cm³/mol. The van der Waals surface area contributed by atoms with Crippen LogP contribution in [-0.2, 0) is 0 Å². The Bertz CT molecular complexity index is 1220. The van der Waals surface area contributed by atoms with Crippen LogP contribution in [-0.4, -0.2) is 40.8 Å². The first kappa shape index (κ1) is 24.9. The highest BCUT2D eigenvalue weighted by Crippen LogP contribution is 2.46. The molecule has 0 saturated heterocycles. The summed E-state index contributed by atoms with van der Waals surface area (Å²) >= 11 is 0. The Morgan fingerprint density at radius 2 is 1.83 bits per heavy atom. The summed E-state index contributed by atoms with van der Waals surface area (Å²) in [5.41, 5.74) is 2.89. The maximum atomic E-state index is 12.5. The number of anilines is 2. The van der Waals surface area contributed by atoms with Gasteiger partial charge in [0, 0.05) is 31.4 Å². The van der Waals surface area contributed by atoms with E-state index in [1.807, 2.05) is 12.1 Å². The summed E-state index contributed by atoms with van der Waals surface area (Å²) in [6.07, 6.45) is -1.65. The number of rotatable bonds is 5. The van der Waals surface area contributed by atoms with E-state index in [2.05, 4.69) is 35.4 Å². The van der Waals surface area contributed by atoms with E-state index in [0.29, 0.717) is 28.6 Å². The molecular formula is C26H31F3N4O2. The molecule has 1 aliphatic rings. The van der Waals surface area contributed by atoms with Gasteiger partial charge in [-0.05, 0) is 73.1 Å². The van der Waals surface area contributed by atoms with Crippen molar-refractivity contribution in [1.29, 1.82) is 0 Å². The Balaban J connectivity index is 1.74. The molecule has 1 fully saturated rings. The third-order valence-electron chi connectivity index (χ3n) is 6.42. The van der Waals surface area contributed by atoms with Gasteiger partial charge < -0.3 is 19.5 Å². The Kier molecular flexibility index (Phi) is 6.46. The third kappa shape index (κ3) is 5.71. The van der Waals surface area contributed by atoms with E-state index in [0.717, 1.165) is 24.8 Å². The molecule has 1 amide bonds. The van der Waals surface area contributed by atoms with Crippen LogP contribution in [0, 0.1) is 11.3 Å². The van der Waals surface area contributed by atoms with Gasteiger partial charge in [0.1, 0.15) is 5.75 Å². The molecule has 0 unspecified atom stereocenters. The van der Waals surface area contributed by atoms with Crippen LogP contribution in [0.2, 0.25) is 0 Å². The van der Waals surface area contributed by atoms with E-state index >= 15 is 0 Å². The molecule has 0 radical (unpaired) electrons. The van der Waals surface area contributed by atoms with Crippen LogP contribution in [0.25, 0.3) is 11.0 Å². The van der Waals surface area contributed by atoms with Crippen molar-refractivity contribution in [2.75, 3.05) is 19.4 Å². The molecule has 0 spiro atoms. The van der Waals surface area contributed by atoms with Crippen molar-refractivity contribution in [3.63, 3.8) is 0 Å². The summed E-state index contributed by atoms with van der Waals surface area (Å²) in [4.78, 5) is 18.8. The molecule has 3 aromatic rings. The number of alkyl halides is 3. The average molecular weight is 489 g/mol. The maximum Gasteiger partial charge on any atom is 0.573 e. The molecule has 4 rings (SSSR count). The summed E-state index contributed by atoms with van der Waals surface area (Å²) in [6, 6.07) is 11.3. The lowest BCUT2D eigenvalue weighted by molar-refractivity contribution is -0.274. The van der Waals surface area contributed by atoms with Crippen LogP contribution in [0.1, 0.15) is 56.4 Å². The number of benzene rings is 2. The van der Waals surface area contributed by atoms with E-state index in [1.165, 1.54) is 29.2 Å². The molecule has 0 bridgehead atoms. The van der Waals surface area contributed by atoms with Crippen LogP contribution in [0.15, 0.2) is 42.5 Å². The Morgan fingerprint density at radius 1 is 1.14 bits per heavy atom. The fourth-order valence-electron chi connectivity index (χ4n) is 5.31. The molecule has 6 nitrogen and oxygen atoms in total. The summed E-state index contributed by atoms with van der Waals surface area (Å²) < 4.78 is 43.7. The number of nitrogens with one attached hydrogen (secondary N) is 1. The van der Waals surface area contributed by atoms with E-state index < -0.39 is 6.36 Å². The Labute approximate surface area is 203 Å². The second-order valence-corrected chi connectivity index (χ2v) is 10.5. The highest BCUT2D eigenvalue weighted by molar-refractivity contribution is 5.97. The quantitative estimate of drug-likeness (QED) is 0.431. The van der Waals surface area contributed by atoms with Crippen molar-refractivity contribution in [3.05, 3.63) is 48.0 Å². The highest BCUT2D eigenvalue weighted by Gasteiger charge is 2.35. The molecular weight excluding hydrogens is 457 g/mol. The normalized spacial score (nSPS) is 20.0. The zero-order valence-electron chi connectivity index (χ0n) is 20.6. The second-order valence-electron chi connectivity index (χ2n) is 10.5. The number of fused-ring (bicyclic) bond motifs is 1. The molecule has 1 saturated carbocycles. The smallest absolute Gasteiger partial charge is 0.406 e. The van der Waals surface area contributed by atoms with Crippen LogP contribution < -0.4 is 10.1 Å². The van der Waals surface area contributed by atoms with Gasteiger partial charge in [0.05, 0.1) is 11.0 Å². The van der Waals surface area contributed by atoms with Gasteiger partial charge in [-0.3, -0.25) is 4.79 Å². The molecule has 35 heavy (non-hydrogen) atoms. The monoisotopic (exact) mass is 488 g/mol. The number of ether oxygens (including phenoxy) is 1. The number of amides is 1. The number of hydrogen-bond donors (Lipinski definition) is 1. The van der Waals surface area contributed by atoms with Crippen molar-refractivity contribution >= 4 is 28.6 Å². The van der Waals surface area contributed by atoms with E-state index in [-0.39, 0.29) is 23.1 Å². The van der Waals surface area contributed by atoms with Crippen LogP contribution >= 0.6 is 0 Å². The predicted octanol–water partition coefficient (Wildman–Crippen LogP) is 6.77. The van der Waals surface area contributed by atoms with E-state index in [1.54, 1.807) is 20.2 Å². The minimum atomic E-state index is -4.74. The van der Waals surface area contributed by atoms with Gasteiger partial charge in [0.15, 0.2) is 0 Å². The molecule has 1 aliphatic carbocycles. The minimum absolute atomic E-state index is 0.108. The van der Waals surface area contributed by atoms with Gasteiger partial charge in [-0.15, -0.1) is 13.2 Å². The minimum Gasteiger partial charge on any atom is -0.406 e. The molecule has 188 valence electrons. The van der Waals surface area contributed by atoms with Crippen molar-refractivity contribution < 1.29 is 22.7 Å². The number of carbonyl (C=O) groups excluding carboxylic acids is 1. The zero-order chi connectivity index (χ0) is 25.5. The molecule has 1 aromatic heterocycles. The van der Waals surface area contributed by atoms with Crippen LogP contribution in [0.3, 0.4) is 0 Å². The van der Waals surface area contributed by atoms with Crippen molar-refractivity contribution in [3.8, 4) is 5.75 Å². The molecule has 1 heterocycles. The lowest BCUT2D eigenvalue weighted by Crippen LogP contribution is -2.29. The van der Waals surface area contributed by atoms with Crippen molar-refractivity contribution in [1.82, 2.24) is 14.5 Å². The van der Waals surface area contributed by atoms with E-state index in [9.17, 15) is 18.0 Å². The Morgan fingerprint density at radius 3 is 2.43 bits per heavy atom. The third-order valence-corrected chi connectivity index (χ3v) is 6.42. The first-order valence-electron chi connectivity index (χ1n) is 11.7. The highest BCUT2D eigenvalue weighted by atomic mass is 19.4. The fraction of sp³-hybridized carbons (Fsp3) is 0.462. The number of hydrogen-bond acceptors (Lipinski definition) is 4. The molecule has 2 atom stereocenters. The number of halogens is 3. The number of aromatic nitrogens is 2. The second kappa shape index (κ2) is 9.09. The van der Waals surface area contributed by atoms with Gasteiger partial charge in [0.2, 0.25) is 5.95 Å². The number of nitrogens with zero attached hydrogens (tertiary/aromatic N) is 3. The summed E-state index contributed by atoms with van der Waals surface area (Å²) in [7, 11) is 3.41. The zero-order valence-corrected chi connectivity index (χ0v) is 20.6. The first-order chi connectivity index (χ1) is 16.3. The standard InChI is InChI=1S/C26H31F3N4O2/c1-16-12-19(15-25(2,3)14-16)33-22-11-6-17(23(34)32(4)5)13-21(22)31-24(33)30-18-7-9-20(10-8-18)35-26(27,28)29/h6-11,13,16,19H,12,14-15H2,1-5H3,(H,30,31)/t16-,19-/m0/s1. The molecule has 2 aromatic carbocycles. The van der Waals surface area contributed by atoms with Gasteiger partial charge >= 0.3 is 6.36 Å². The molecule has 1 N–H and O–H groups in total. The lowest BCUT2D eigenvalue weighted by atomic mass is 9.70. The van der Waals surface area contributed by atoms with Crippen molar-refractivity contribution in [2.45, 2.75) is 52.4 Å².